The summed E-state index contributed by atoms with van der Waals surface area (Å²) in [5.41, 5.74) is 2.97. The lowest BCUT2D eigenvalue weighted by atomic mass is 9.94. The number of H-pyrrole nitrogens is 1. The average Bonchev–Trinajstić information content (AvgIpc) is 3.45. The van der Waals surface area contributed by atoms with Crippen LogP contribution in [0.5, 0.6) is 11.5 Å². The molecule has 7 nitrogen and oxygen atoms in total. The third-order valence-corrected chi connectivity index (χ3v) is 6.94. The van der Waals surface area contributed by atoms with Crippen molar-refractivity contribution >= 4 is 40.0 Å². The average molecular weight is 517 g/mol. The number of hydrogen-bond acceptors (Lipinski definition) is 5. The van der Waals surface area contributed by atoms with Crippen LogP contribution in [-0.4, -0.2) is 47.4 Å². The molecule has 2 N–H and O–H groups in total. The van der Waals surface area contributed by atoms with Crippen molar-refractivity contribution in [2.75, 3.05) is 20.8 Å². The molecule has 1 atom stereocenters. The molecule has 1 fully saturated rings. The largest absolute Gasteiger partial charge is 0.507 e. The zero-order valence-corrected chi connectivity index (χ0v) is 21.1. The Bertz CT molecular complexity index is 1520. The number of carbonyl (C=O) groups excluding carboxylic acids is 2. The maximum atomic E-state index is 13.4. The van der Waals surface area contributed by atoms with Gasteiger partial charge in [-0.05, 0) is 54.4 Å². The third kappa shape index (κ3) is 4.42. The standard InChI is InChI=1S/C29H25ClN2O5/c1-36-20-11-12-22(24(15-20)37-2)26-25(27(33)17-7-9-19(30)10-8-17)28(34)29(35)32(26)14-13-18-16-31-23-6-4-3-5-21(18)23/h3-12,15-16,26,31,33H,13-14H2,1-2H3. The maximum Gasteiger partial charge on any atom is 0.295 e. The Kier molecular flexibility index (Phi) is 6.63. The minimum atomic E-state index is -0.859. The third-order valence-electron chi connectivity index (χ3n) is 6.69. The van der Waals surface area contributed by atoms with Crippen molar-refractivity contribution < 1.29 is 24.2 Å². The van der Waals surface area contributed by atoms with Gasteiger partial charge in [-0.1, -0.05) is 29.8 Å². The van der Waals surface area contributed by atoms with Crippen LogP contribution < -0.4 is 9.47 Å². The summed E-state index contributed by atoms with van der Waals surface area (Å²) >= 11 is 6.02. The Hall–Kier alpha value is -4.23. The summed E-state index contributed by atoms with van der Waals surface area (Å²) in [6.45, 7) is 0.254. The van der Waals surface area contributed by atoms with Gasteiger partial charge in [-0.25, -0.2) is 0 Å². The molecule has 37 heavy (non-hydrogen) atoms. The zero-order valence-electron chi connectivity index (χ0n) is 20.3. The number of ether oxygens (including phenoxy) is 2. The number of amides is 1. The van der Waals surface area contributed by atoms with Crippen molar-refractivity contribution in [2.45, 2.75) is 12.5 Å². The minimum absolute atomic E-state index is 0.00489. The summed E-state index contributed by atoms with van der Waals surface area (Å²) in [6, 6.07) is 18.7. The second-order valence-electron chi connectivity index (χ2n) is 8.72. The Morgan fingerprint density at radius 1 is 1.03 bits per heavy atom. The van der Waals surface area contributed by atoms with Crippen molar-refractivity contribution in [3.63, 3.8) is 0 Å². The summed E-state index contributed by atoms with van der Waals surface area (Å²) in [5, 5.41) is 12.8. The number of halogens is 1. The normalized spacial score (nSPS) is 16.9. The van der Waals surface area contributed by atoms with Crippen molar-refractivity contribution in [3.8, 4) is 11.5 Å². The number of Topliss-reactive ketones (excluding diaryl/α,β-unsaturated/α-hetero) is 1. The molecule has 0 bridgehead atoms. The molecule has 2 heterocycles. The Morgan fingerprint density at radius 3 is 2.51 bits per heavy atom. The molecule has 8 heteroatoms. The molecule has 0 aliphatic carbocycles. The first kappa shape index (κ1) is 24.5. The van der Waals surface area contributed by atoms with Crippen LogP contribution in [0.2, 0.25) is 5.02 Å². The summed E-state index contributed by atoms with van der Waals surface area (Å²) in [4.78, 5) is 31.5. The van der Waals surface area contributed by atoms with Crippen LogP contribution in [0.15, 0.2) is 78.5 Å². The minimum Gasteiger partial charge on any atom is -0.507 e. The number of aliphatic hydroxyl groups excluding tert-OH is 1. The molecule has 1 aromatic heterocycles. The number of benzene rings is 3. The van der Waals surface area contributed by atoms with Gasteiger partial charge in [0.1, 0.15) is 17.3 Å². The molecular weight excluding hydrogens is 492 g/mol. The van der Waals surface area contributed by atoms with Gasteiger partial charge >= 0.3 is 0 Å². The van der Waals surface area contributed by atoms with E-state index in [0.29, 0.717) is 34.1 Å². The predicted octanol–water partition coefficient (Wildman–Crippen LogP) is 5.50. The summed E-state index contributed by atoms with van der Waals surface area (Å²) in [6.07, 6.45) is 2.42. The van der Waals surface area contributed by atoms with E-state index in [1.807, 2.05) is 30.5 Å². The molecule has 1 unspecified atom stereocenters. The van der Waals surface area contributed by atoms with E-state index in [1.165, 1.54) is 12.0 Å². The molecule has 5 rings (SSSR count). The highest BCUT2D eigenvalue weighted by molar-refractivity contribution is 6.46. The number of ketones is 1. The quantitative estimate of drug-likeness (QED) is 0.192. The summed E-state index contributed by atoms with van der Waals surface area (Å²) in [5.74, 6) is -0.709. The first-order valence-electron chi connectivity index (χ1n) is 11.7. The molecule has 1 aliphatic heterocycles. The van der Waals surface area contributed by atoms with Crippen molar-refractivity contribution in [1.82, 2.24) is 9.88 Å². The van der Waals surface area contributed by atoms with Gasteiger partial charge in [-0.3, -0.25) is 9.59 Å². The van der Waals surface area contributed by atoms with E-state index < -0.39 is 17.7 Å². The van der Waals surface area contributed by atoms with Crippen LogP contribution in [-0.2, 0) is 16.0 Å². The molecule has 3 aromatic carbocycles. The number of fused-ring (bicyclic) bond motifs is 1. The molecule has 1 aliphatic rings. The number of aromatic amines is 1. The van der Waals surface area contributed by atoms with Crippen LogP contribution in [0.4, 0.5) is 0 Å². The van der Waals surface area contributed by atoms with E-state index in [2.05, 4.69) is 4.98 Å². The highest BCUT2D eigenvalue weighted by Gasteiger charge is 2.47. The molecule has 0 spiro atoms. The fraction of sp³-hybridized carbons (Fsp3) is 0.172. The number of nitrogens with zero attached hydrogens (tertiary/aromatic N) is 1. The Morgan fingerprint density at radius 2 is 1.78 bits per heavy atom. The lowest BCUT2D eigenvalue weighted by Gasteiger charge is -2.27. The van der Waals surface area contributed by atoms with Gasteiger partial charge in [0, 0.05) is 45.9 Å². The number of hydrogen-bond donors (Lipinski definition) is 2. The zero-order chi connectivity index (χ0) is 26.1. The van der Waals surface area contributed by atoms with Gasteiger partial charge in [0.25, 0.3) is 11.7 Å². The number of carbonyl (C=O) groups is 2. The molecule has 0 radical (unpaired) electrons. The number of para-hydroxylation sites is 1. The molecular formula is C29H25ClN2O5. The smallest absolute Gasteiger partial charge is 0.295 e. The van der Waals surface area contributed by atoms with Gasteiger partial charge in [0.15, 0.2) is 0 Å². The summed E-state index contributed by atoms with van der Waals surface area (Å²) in [7, 11) is 3.05. The number of rotatable bonds is 7. The van der Waals surface area contributed by atoms with E-state index in [0.717, 1.165) is 16.5 Å². The fourth-order valence-corrected chi connectivity index (χ4v) is 4.95. The van der Waals surface area contributed by atoms with Gasteiger partial charge in [-0.2, -0.15) is 0 Å². The number of methoxy groups -OCH3 is 2. The van der Waals surface area contributed by atoms with Gasteiger partial charge in [-0.15, -0.1) is 0 Å². The lowest BCUT2D eigenvalue weighted by molar-refractivity contribution is -0.139. The first-order chi connectivity index (χ1) is 17.9. The molecule has 4 aromatic rings. The number of aliphatic hydroxyl groups is 1. The second kappa shape index (κ2) is 10.0. The number of nitrogens with one attached hydrogen (secondary N) is 1. The molecule has 0 saturated carbocycles. The molecule has 188 valence electrons. The Balaban J connectivity index is 1.61. The van der Waals surface area contributed by atoms with Crippen molar-refractivity contribution in [1.29, 1.82) is 0 Å². The van der Waals surface area contributed by atoms with E-state index in [9.17, 15) is 14.7 Å². The van der Waals surface area contributed by atoms with Crippen LogP contribution in [0, 0.1) is 0 Å². The molecule has 1 amide bonds. The molecule has 1 saturated heterocycles. The van der Waals surface area contributed by atoms with E-state index in [1.54, 1.807) is 49.6 Å². The highest BCUT2D eigenvalue weighted by Crippen LogP contribution is 2.43. The summed E-state index contributed by atoms with van der Waals surface area (Å²) < 4.78 is 11.0. The lowest BCUT2D eigenvalue weighted by Crippen LogP contribution is -2.31. The van der Waals surface area contributed by atoms with Crippen molar-refractivity contribution in [3.05, 3.63) is 100 Å². The van der Waals surface area contributed by atoms with Crippen molar-refractivity contribution in [2.24, 2.45) is 0 Å². The van der Waals surface area contributed by atoms with Crippen LogP contribution >= 0.6 is 11.6 Å². The fourth-order valence-electron chi connectivity index (χ4n) is 4.82. The van der Waals surface area contributed by atoms with E-state index in [4.69, 9.17) is 21.1 Å². The van der Waals surface area contributed by atoms with Crippen LogP contribution in [0.3, 0.4) is 0 Å². The van der Waals surface area contributed by atoms with Crippen LogP contribution in [0.25, 0.3) is 16.7 Å². The number of likely N-dealkylation sites (tertiary alicyclic amines) is 1. The van der Waals surface area contributed by atoms with Gasteiger partial charge < -0.3 is 24.5 Å². The maximum absolute atomic E-state index is 13.4. The topological polar surface area (TPSA) is 91.9 Å². The Labute approximate surface area is 218 Å². The number of aromatic nitrogens is 1. The predicted molar refractivity (Wildman–Crippen MR) is 142 cm³/mol. The van der Waals surface area contributed by atoms with E-state index in [-0.39, 0.29) is 17.9 Å². The monoisotopic (exact) mass is 516 g/mol. The van der Waals surface area contributed by atoms with Gasteiger partial charge in [0.05, 0.1) is 25.8 Å². The highest BCUT2D eigenvalue weighted by atomic mass is 35.5. The van der Waals surface area contributed by atoms with Crippen LogP contribution in [0.1, 0.15) is 22.7 Å². The second-order valence-corrected chi connectivity index (χ2v) is 9.15. The first-order valence-corrected chi connectivity index (χ1v) is 12.1. The SMILES string of the molecule is COc1ccc(C2C(=C(O)c3ccc(Cl)cc3)C(=O)C(=O)N2CCc2c[nH]c3ccccc23)c(OC)c1. The van der Waals surface area contributed by atoms with E-state index >= 15 is 0 Å². The van der Waals surface area contributed by atoms with Gasteiger partial charge in [0.2, 0.25) is 0 Å².